The summed E-state index contributed by atoms with van der Waals surface area (Å²) in [5.41, 5.74) is 5.41. The smallest absolute Gasteiger partial charge is 0.0220 e. The Bertz CT molecular complexity index is 354. The molecule has 1 N–H and O–H groups in total. The first-order valence-corrected chi connectivity index (χ1v) is 5.09. The maximum absolute atomic E-state index is 3.41. The molecule has 0 atom stereocenters. The molecule has 0 saturated heterocycles. The number of allylic oxidation sites excluding steroid dienone is 4. The van der Waals surface area contributed by atoms with E-state index in [-0.39, 0.29) is 0 Å². The lowest BCUT2D eigenvalue weighted by Crippen LogP contribution is -1.84. The Morgan fingerprint density at radius 1 is 1.07 bits per heavy atom. The second-order valence-electron chi connectivity index (χ2n) is 3.64. The molecule has 0 unspecified atom stereocenters. The van der Waals surface area contributed by atoms with Gasteiger partial charge in [-0.05, 0) is 38.8 Å². The molecule has 0 amide bonds. The van der Waals surface area contributed by atoms with Gasteiger partial charge in [-0.2, -0.15) is 0 Å². The zero-order valence-corrected chi connectivity index (χ0v) is 9.52. The Kier molecular flexibility index (Phi) is 3.75. The van der Waals surface area contributed by atoms with Crippen molar-refractivity contribution in [3.8, 4) is 0 Å². The fraction of sp³-hybridized carbons (Fsp3) is 0.385. The van der Waals surface area contributed by atoms with Gasteiger partial charge in [0.25, 0.3) is 0 Å². The van der Waals surface area contributed by atoms with Crippen molar-refractivity contribution in [1.82, 2.24) is 4.98 Å². The molecule has 0 aliphatic heterocycles. The molecule has 1 nitrogen and oxygen atoms in total. The second-order valence-corrected chi connectivity index (χ2v) is 3.64. The predicted molar refractivity (Wildman–Crippen MR) is 62.7 cm³/mol. The van der Waals surface area contributed by atoms with Gasteiger partial charge in [0.15, 0.2) is 0 Å². The Hall–Kier alpha value is -1.24. The number of rotatable bonds is 3. The van der Waals surface area contributed by atoms with Crippen molar-refractivity contribution in [2.75, 3.05) is 0 Å². The lowest BCUT2D eigenvalue weighted by Gasteiger charge is -1.94. The number of nitrogens with one attached hydrogen (secondary N) is 1. The van der Waals surface area contributed by atoms with Gasteiger partial charge in [-0.25, -0.2) is 0 Å². The Labute approximate surface area is 86.5 Å². The molecule has 1 heterocycles. The van der Waals surface area contributed by atoms with Crippen LogP contribution in [0.5, 0.6) is 0 Å². The van der Waals surface area contributed by atoms with E-state index in [1.807, 2.05) is 13.0 Å². The Morgan fingerprint density at radius 2 is 1.79 bits per heavy atom. The van der Waals surface area contributed by atoms with E-state index in [4.69, 9.17) is 0 Å². The summed E-state index contributed by atoms with van der Waals surface area (Å²) >= 11 is 0. The van der Waals surface area contributed by atoms with Crippen molar-refractivity contribution in [3.05, 3.63) is 46.8 Å². The van der Waals surface area contributed by atoms with Gasteiger partial charge >= 0.3 is 0 Å². The van der Waals surface area contributed by atoms with Crippen LogP contribution in [0.1, 0.15) is 29.4 Å². The first-order valence-electron chi connectivity index (χ1n) is 5.09. The Morgan fingerprint density at radius 3 is 2.29 bits per heavy atom. The van der Waals surface area contributed by atoms with Gasteiger partial charge in [0, 0.05) is 17.8 Å². The molecule has 0 radical (unpaired) electrons. The van der Waals surface area contributed by atoms with E-state index in [0.717, 1.165) is 6.42 Å². The summed E-state index contributed by atoms with van der Waals surface area (Å²) in [5.74, 6) is 0. The minimum absolute atomic E-state index is 0.991. The quantitative estimate of drug-likeness (QED) is 0.699. The molecular formula is C13H19N. The van der Waals surface area contributed by atoms with Crippen molar-refractivity contribution in [3.63, 3.8) is 0 Å². The fourth-order valence-corrected chi connectivity index (χ4v) is 1.50. The maximum Gasteiger partial charge on any atom is 0.0220 e. The first kappa shape index (κ1) is 10.8. The van der Waals surface area contributed by atoms with E-state index in [0.29, 0.717) is 0 Å². The molecule has 76 valence electrons. The van der Waals surface area contributed by atoms with Crippen LogP contribution in [0.25, 0.3) is 0 Å². The third-order valence-corrected chi connectivity index (χ3v) is 2.68. The molecule has 0 fully saturated rings. The molecule has 0 spiro atoms. The fourth-order valence-electron chi connectivity index (χ4n) is 1.50. The average molecular weight is 189 g/mol. The summed E-state index contributed by atoms with van der Waals surface area (Å²) in [6.07, 6.45) is 9.35. The van der Waals surface area contributed by atoms with Gasteiger partial charge < -0.3 is 4.98 Å². The van der Waals surface area contributed by atoms with E-state index in [9.17, 15) is 0 Å². The molecule has 1 rings (SSSR count). The molecule has 1 heteroatoms. The van der Waals surface area contributed by atoms with Gasteiger partial charge in [-0.3, -0.25) is 0 Å². The van der Waals surface area contributed by atoms with E-state index in [1.165, 1.54) is 22.5 Å². The van der Waals surface area contributed by atoms with Crippen molar-refractivity contribution >= 4 is 0 Å². The highest BCUT2D eigenvalue weighted by Crippen LogP contribution is 2.16. The summed E-state index contributed by atoms with van der Waals surface area (Å²) < 4.78 is 0. The van der Waals surface area contributed by atoms with Crippen LogP contribution in [0.2, 0.25) is 0 Å². The van der Waals surface area contributed by atoms with Crippen molar-refractivity contribution < 1.29 is 0 Å². The van der Waals surface area contributed by atoms with Gasteiger partial charge in [0.2, 0.25) is 0 Å². The number of aryl methyl sites for hydroxylation is 1. The van der Waals surface area contributed by atoms with Gasteiger partial charge in [0.05, 0.1) is 0 Å². The third-order valence-electron chi connectivity index (χ3n) is 2.68. The van der Waals surface area contributed by atoms with Crippen LogP contribution in [-0.2, 0) is 6.42 Å². The number of H-pyrrole nitrogens is 1. The average Bonchev–Trinajstić information content (AvgIpc) is 2.41. The highest BCUT2D eigenvalue weighted by molar-refractivity contribution is 5.35. The molecule has 1 aromatic rings. The van der Waals surface area contributed by atoms with Gasteiger partial charge in [0.1, 0.15) is 0 Å². The molecule has 0 bridgehead atoms. The van der Waals surface area contributed by atoms with E-state index >= 15 is 0 Å². The standard InChI is InChI=1S/C13H19N/c1-5-6-7-8-9-13-11(3)10(2)12(4)14-13/h5-8,14H,9H2,1-4H3. The number of hydrogen-bond acceptors (Lipinski definition) is 0. The summed E-state index contributed by atoms with van der Waals surface area (Å²) in [7, 11) is 0. The molecule has 0 aliphatic carbocycles. The molecule has 0 saturated carbocycles. The molecule has 0 aliphatic rings. The summed E-state index contributed by atoms with van der Waals surface area (Å²) in [4.78, 5) is 3.41. The van der Waals surface area contributed by atoms with E-state index in [1.54, 1.807) is 0 Å². The maximum atomic E-state index is 3.41. The minimum atomic E-state index is 0.991. The monoisotopic (exact) mass is 189 g/mol. The van der Waals surface area contributed by atoms with E-state index < -0.39 is 0 Å². The van der Waals surface area contributed by atoms with Crippen LogP contribution in [0.15, 0.2) is 24.3 Å². The minimum Gasteiger partial charge on any atom is -0.362 e. The summed E-state index contributed by atoms with van der Waals surface area (Å²) in [6.45, 7) is 8.50. The highest BCUT2D eigenvalue weighted by Gasteiger charge is 2.04. The van der Waals surface area contributed by atoms with Crippen molar-refractivity contribution in [2.45, 2.75) is 34.1 Å². The van der Waals surface area contributed by atoms with Gasteiger partial charge in [-0.15, -0.1) is 0 Å². The third kappa shape index (κ3) is 2.38. The largest absolute Gasteiger partial charge is 0.362 e. The van der Waals surface area contributed by atoms with Crippen LogP contribution in [-0.4, -0.2) is 4.98 Å². The van der Waals surface area contributed by atoms with Crippen LogP contribution in [0.4, 0.5) is 0 Å². The van der Waals surface area contributed by atoms with Crippen LogP contribution in [0.3, 0.4) is 0 Å². The van der Waals surface area contributed by atoms with Crippen LogP contribution >= 0.6 is 0 Å². The highest BCUT2D eigenvalue weighted by atomic mass is 14.7. The summed E-state index contributed by atoms with van der Waals surface area (Å²) in [5, 5.41) is 0. The number of aromatic nitrogens is 1. The topological polar surface area (TPSA) is 15.8 Å². The normalized spacial score (nSPS) is 12.0. The lowest BCUT2D eigenvalue weighted by atomic mass is 10.1. The predicted octanol–water partition coefficient (Wildman–Crippen LogP) is 3.61. The van der Waals surface area contributed by atoms with Crippen LogP contribution < -0.4 is 0 Å². The molecular weight excluding hydrogens is 170 g/mol. The molecule has 0 aromatic carbocycles. The van der Waals surface area contributed by atoms with E-state index in [2.05, 4.69) is 44.0 Å². The SMILES string of the molecule is CC=CC=CCc1[nH]c(C)c(C)c1C. The summed E-state index contributed by atoms with van der Waals surface area (Å²) in [6, 6.07) is 0. The zero-order chi connectivity index (χ0) is 10.6. The lowest BCUT2D eigenvalue weighted by molar-refractivity contribution is 1.10. The Balaban J connectivity index is 2.72. The van der Waals surface area contributed by atoms with Gasteiger partial charge in [-0.1, -0.05) is 24.3 Å². The number of hydrogen-bond donors (Lipinski definition) is 1. The van der Waals surface area contributed by atoms with Crippen LogP contribution in [0, 0.1) is 20.8 Å². The molecule has 14 heavy (non-hydrogen) atoms. The molecule has 1 aromatic heterocycles. The zero-order valence-electron chi connectivity index (χ0n) is 9.52. The number of aromatic amines is 1. The van der Waals surface area contributed by atoms with Crippen molar-refractivity contribution in [2.24, 2.45) is 0 Å². The first-order chi connectivity index (χ1) is 6.66. The van der Waals surface area contributed by atoms with Crippen molar-refractivity contribution in [1.29, 1.82) is 0 Å². The second kappa shape index (κ2) is 4.85.